The van der Waals surface area contributed by atoms with Gasteiger partial charge in [0.2, 0.25) is 0 Å². The van der Waals surface area contributed by atoms with Gasteiger partial charge in [0.15, 0.2) is 12.0 Å². The van der Waals surface area contributed by atoms with Gasteiger partial charge in [-0.1, -0.05) is 0 Å². The van der Waals surface area contributed by atoms with Gasteiger partial charge in [-0.3, -0.25) is 4.79 Å². The molecule has 0 aliphatic heterocycles. The van der Waals surface area contributed by atoms with E-state index in [9.17, 15) is 18.0 Å². The van der Waals surface area contributed by atoms with Gasteiger partial charge in [-0.05, 0) is 12.1 Å². The highest BCUT2D eigenvalue weighted by atomic mass is 19.4. The van der Waals surface area contributed by atoms with Gasteiger partial charge >= 0.3 is 6.36 Å². The van der Waals surface area contributed by atoms with E-state index in [-0.39, 0.29) is 12.0 Å². The van der Waals surface area contributed by atoms with E-state index in [0.717, 1.165) is 12.1 Å². The second-order valence-electron chi connectivity index (χ2n) is 2.36. The van der Waals surface area contributed by atoms with Gasteiger partial charge in [-0.2, -0.15) is 5.26 Å². The molecule has 7 heteroatoms. The predicted molar refractivity (Wildman–Crippen MR) is 41.0 cm³/mol. The Bertz CT molecular complexity index is 423. The Morgan fingerprint density at radius 1 is 1.47 bits per heavy atom. The molecule has 0 aromatic carbocycles. The number of nitriles is 1. The van der Waals surface area contributed by atoms with Crippen LogP contribution in [0.4, 0.5) is 13.2 Å². The molecule has 15 heavy (non-hydrogen) atoms. The molecule has 0 spiro atoms. The molecule has 0 saturated heterocycles. The van der Waals surface area contributed by atoms with Crippen LogP contribution in [0.5, 0.6) is 5.75 Å². The number of alkyl halides is 3. The first-order valence-corrected chi connectivity index (χ1v) is 3.58. The summed E-state index contributed by atoms with van der Waals surface area (Å²) in [4.78, 5) is 13.7. The van der Waals surface area contributed by atoms with Crippen molar-refractivity contribution in [2.24, 2.45) is 0 Å². The van der Waals surface area contributed by atoms with Crippen molar-refractivity contribution in [3.05, 3.63) is 23.5 Å². The fraction of sp³-hybridized carbons (Fsp3) is 0.125. The molecule has 1 rings (SSSR count). The standard InChI is InChI=1S/C8H3F3N2O2/c9-8(10,11)15-7-2-1-5(3-12)13-6(7)4-14/h1-2,4H. The lowest BCUT2D eigenvalue weighted by Gasteiger charge is -2.09. The minimum atomic E-state index is -4.90. The van der Waals surface area contributed by atoms with Crippen LogP contribution in [0.15, 0.2) is 12.1 Å². The molecule has 1 heterocycles. The summed E-state index contributed by atoms with van der Waals surface area (Å²) in [5.41, 5.74) is -0.724. The average molecular weight is 216 g/mol. The first-order valence-electron chi connectivity index (χ1n) is 3.58. The maximum atomic E-state index is 11.8. The van der Waals surface area contributed by atoms with E-state index in [4.69, 9.17) is 5.26 Å². The number of hydrogen-bond acceptors (Lipinski definition) is 4. The van der Waals surface area contributed by atoms with E-state index >= 15 is 0 Å². The molecule has 0 fully saturated rings. The van der Waals surface area contributed by atoms with E-state index in [1.54, 1.807) is 6.07 Å². The third kappa shape index (κ3) is 2.95. The Balaban J connectivity index is 3.10. The Morgan fingerprint density at radius 3 is 2.60 bits per heavy atom. The van der Waals surface area contributed by atoms with E-state index < -0.39 is 17.8 Å². The number of ether oxygens (including phenoxy) is 1. The summed E-state index contributed by atoms with van der Waals surface area (Å²) in [5.74, 6) is -0.725. The van der Waals surface area contributed by atoms with E-state index in [2.05, 4.69) is 9.72 Å². The molecule has 0 amide bonds. The third-order valence-corrected chi connectivity index (χ3v) is 1.34. The molecule has 0 aliphatic carbocycles. The molecular formula is C8H3F3N2O2. The maximum absolute atomic E-state index is 11.8. The zero-order valence-corrected chi connectivity index (χ0v) is 7.08. The summed E-state index contributed by atoms with van der Waals surface area (Å²) < 4.78 is 38.9. The zero-order chi connectivity index (χ0) is 11.5. The monoisotopic (exact) mass is 216 g/mol. The lowest BCUT2D eigenvalue weighted by molar-refractivity contribution is -0.274. The van der Waals surface area contributed by atoms with Gasteiger partial charge < -0.3 is 4.74 Å². The van der Waals surface area contributed by atoms with Gasteiger partial charge in [-0.25, -0.2) is 4.98 Å². The molecule has 78 valence electrons. The van der Waals surface area contributed by atoms with E-state index in [0.29, 0.717) is 0 Å². The van der Waals surface area contributed by atoms with E-state index in [1.807, 2.05) is 0 Å². The molecule has 0 radical (unpaired) electrons. The highest BCUT2D eigenvalue weighted by Gasteiger charge is 2.32. The van der Waals surface area contributed by atoms with E-state index in [1.165, 1.54) is 0 Å². The molecule has 0 atom stereocenters. The van der Waals surface area contributed by atoms with Crippen LogP contribution in [0, 0.1) is 11.3 Å². The van der Waals surface area contributed by atoms with Crippen LogP contribution in [-0.4, -0.2) is 17.6 Å². The molecule has 0 N–H and O–H groups in total. The number of hydrogen-bond donors (Lipinski definition) is 0. The van der Waals surface area contributed by atoms with Gasteiger partial charge in [0.05, 0.1) is 0 Å². The predicted octanol–water partition coefficient (Wildman–Crippen LogP) is 1.66. The summed E-state index contributed by atoms with van der Waals surface area (Å²) in [6, 6.07) is 3.47. The fourth-order valence-corrected chi connectivity index (χ4v) is 0.820. The van der Waals surface area contributed by atoms with Crippen molar-refractivity contribution in [1.29, 1.82) is 5.26 Å². The summed E-state index contributed by atoms with van der Waals surface area (Å²) in [7, 11) is 0. The molecule has 0 aliphatic rings. The van der Waals surface area contributed by atoms with Gasteiger partial charge in [0, 0.05) is 0 Å². The number of aromatic nitrogens is 1. The quantitative estimate of drug-likeness (QED) is 0.705. The maximum Gasteiger partial charge on any atom is 0.573 e. The SMILES string of the molecule is N#Cc1ccc(OC(F)(F)F)c(C=O)n1. The summed E-state index contributed by atoms with van der Waals surface area (Å²) in [6.45, 7) is 0. The Morgan fingerprint density at radius 2 is 2.13 bits per heavy atom. The summed E-state index contributed by atoms with van der Waals surface area (Å²) in [5, 5.41) is 8.39. The minimum absolute atomic E-state index is 0.0852. The number of carbonyl (C=O) groups is 1. The number of halogens is 3. The molecular weight excluding hydrogens is 213 g/mol. The number of pyridine rings is 1. The van der Waals surface area contributed by atoms with Crippen molar-refractivity contribution in [2.45, 2.75) is 6.36 Å². The number of nitrogens with zero attached hydrogens (tertiary/aromatic N) is 2. The average Bonchev–Trinajstić information content (AvgIpc) is 2.16. The normalized spacial score (nSPS) is 10.5. The number of aldehydes is 1. The minimum Gasteiger partial charge on any atom is -0.403 e. The van der Waals surface area contributed by atoms with Crippen molar-refractivity contribution in [3.8, 4) is 11.8 Å². The van der Waals surface area contributed by atoms with Crippen LogP contribution in [0.1, 0.15) is 16.2 Å². The second kappa shape index (κ2) is 3.96. The Kier molecular flexibility index (Phi) is 2.90. The van der Waals surface area contributed by atoms with Gasteiger partial charge in [-0.15, -0.1) is 13.2 Å². The lowest BCUT2D eigenvalue weighted by Crippen LogP contribution is -2.18. The highest BCUT2D eigenvalue weighted by Crippen LogP contribution is 2.24. The Hall–Kier alpha value is -2.10. The van der Waals surface area contributed by atoms with Crippen molar-refractivity contribution >= 4 is 6.29 Å². The fourth-order valence-electron chi connectivity index (χ4n) is 0.820. The first-order chi connectivity index (χ1) is 6.96. The Labute approximate surface area is 81.9 Å². The molecule has 0 unspecified atom stereocenters. The van der Waals surface area contributed by atoms with Gasteiger partial charge in [0.1, 0.15) is 17.5 Å². The van der Waals surface area contributed by atoms with Crippen molar-refractivity contribution in [1.82, 2.24) is 4.98 Å². The highest BCUT2D eigenvalue weighted by molar-refractivity contribution is 5.76. The smallest absolute Gasteiger partial charge is 0.403 e. The largest absolute Gasteiger partial charge is 0.573 e. The first kappa shape index (κ1) is 11.0. The van der Waals surface area contributed by atoms with Crippen LogP contribution in [0.3, 0.4) is 0 Å². The van der Waals surface area contributed by atoms with Crippen LogP contribution < -0.4 is 4.74 Å². The summed E-state index contributed by atoms with van der Waals surface area (Å²) >= 11 is 0. The number of carbonyl (C=O) groups excluding carboxylic acids is 1. The van der Waals surface area contributed by atoms with Crippen molar-refractivity contribution in [2.75, 3.05) is 0 Å². The lowest BCUT2D eigenvalue weighted by atomic mass is 10.3. The van der Waals surface area contributed by atoms with Crippen LogP contribution in [-0.2, 0) is 0 Å². The molecule has 0 saturated carbocycles. The summed E-state index contributed by atoms with van der Waals surface area (Å²) in [6.07, 6.45) is -4.81. The van der Waals surface area contributed by atoms with Crippen LogP contribution in [0.2, 0.25) is 0 Å². The van der Waals surface area contributed by atoms with Crippen molar-refractivity contribution in [3.63, 3.8) is 0 Å². The molecule has 1 aromatic rings. The molecule has 1 aromatic heterocycles. The van der Waals surface area contributed by atoms with Crippen LogP contribution in [0.25, 0.3) is 0 Å². The van der Waals surface area contributed by atoms with Crippen LogP contribution >= 0.6 is 0 Å². The van der Waals surface area contributed by atoms with Gasteiger partial charge in [0.25, 0.3) is 0 Å². The second-order valence-corrected chi connectivity index (χ2v) is 2.36. The molecule has 0 bridgehead atoms. The topological polar surface area (TPSA) is 63.0 Å². The third-order valence-electron chi connectivity index (χ3n) is 1.34. The van der Waals surface area contributed by atoms with Crippen molar-refractivity contribution < 1.29 is 22.7 Å². The zero-order valence-electron chi connectivity index (χ0n) is 7.08. The molecule has 4 nitrogen and oxygen atoms in total. The number of rotatable bonds is 2.